The third-order valence-corrected chi connectivity index (χ3v) is 8.14. The van der Waals surface area contributed by atoms with E-state index in [9.17, 15) is 9.59 Å². The van der Waals surface area contributed by atoms with E-state index < -0.39 is 0 Å². The van der Waals surface area contributed by atoms with Crippen LogP contribution in [0.15, 0.2) is 69.5 Å². The zero-order chi connectivity index (χ0) is 25.8. The Labute approximate surface area is 222 Å². The van der Waals surface area contributed by atoms with Gasteiger partial charge in [0, 0.05) is 41.3 Å². The highest BCUT2D eigenvalue weighted by Crippen LogP contribution is 2.51. The van der Waals surface area contributed by atoms with E-state index in [-0.39, 0.29) is 28.3 Å². The molecular formula is C31H34BrNO3. The number of carbonyl (C=O) groups is 2. The van der Waals surface area contributed by atoms with Crippen LogP contribution >= 0.6 is 15.9 Å². The summed E-state index contributed by atoms with van der Waals surface area (Å²) in [5.74, 6) is 0.673. The first kappa shape index (κ1) is 25.0. The number of carbonyl (C=O) groups excluding carboxylic acids is 2. The Morgan fingerprint density at radius 2 is 1.42 bits per heavy atom. The van der Waals surface area contributed by atoms with Crippen LogP contribution in [-0.4, -0.2) is 11.6 Å². The molecule has 0 amide bonds. The first-order valence-corrected chi connectivity index (χ1v) is 13.5. The fourth-order valence-electron chi connectivity index (χ4n) is 5.88. The van der Waals surface area contributed by atoms with Crippen LogP contribution in [0.3, 0.4) is 0 Å². The minimum atomic E-state index is -0.342. The third kappa shape index (κ3) is 4.82. The van der Waals surface area contributed by atoms with E-state index in [4.69, 9.17) is 4.74 Å². The van der Waals surface area contributed by atoms with Gasteiger partial charge in [0.2, 0.25) is 0 Å². The van der Waals surface area contributed by atoms with Gasteiger partial charge in [-0.25, -0.2) is 0 Å². The first-order chi connectivity index (χ1) is 16.9. The molecule has 2 aromatic carbocycles. The summed E-state index contributed by atoms with van der Waals surface area (Å²) in [7, 11) is 0. The molecule has 0 atom stereocenters. The topological polar surface area (TPSA) is 55.4 Å². The van der Waals surface area contributed by atoms with Crippen molar-refractivity contribution in [3.05, 3.63) is 86.2 Å². The summed E-state index contributed by atoms with van der Waals surface area (Å²) in [6, 6.07) is 14.3. The molecule has 0 radical (unpaired) electrons. The van der Waals surface area contributed by atoms with Gasteiger partial charge in [0.05, 0.1) is 4.47 Å². The number of aryl methyl sites for hydroxylation is 1. The molecule has 5 rings (SSSR count). The molecule has 0 spiro atoms. The van der Waals surface area contributed by atoms with Gasteiger partial charge in [0.25, 0.3) is 0 Å². The van der Waals surface area contributed by atoms with E-state index in [0.29, 0.717) is 19.4 Å². The molecule has 1 N–H and O–H groups in total. The summed E-state index contributed by atoms with van der Waals surface area (Å²) in [5.41, 5.74) is 6.57. The van der Waals surface area contributed by atoms with Gasteiger partial charge in [0.1, 0.15) is 12.4 Å². The number of rotatable bonds is 4. The standard InChI is InChI=1S/C31H34BrNO3/c1-18-6-8-19(9-7-18)17-36-26-11-10-20(12-21(26)32)27-28-22(13-30(2,3)15-24(28)34)33-23-14-31(4,5)16-25(35)29(23)27/h6-12,27,33H,13-17H2,1-5H3. The van der Waals surface area contributed by atoms with Crippen molar-refractivity contribution < 1.29 is 14.3 Å². The van der Waals surface area contributed by atoms with Gasteiger partial charge in [-0.3, -0.25) is 9.59 Å². The van der Waals surface area contributed by atoms with Crippen LogP contribution in [0.4, 0.5) is 0 Å². The molecule has 3 aliphatic rings. The molecule has 4 nitrogen and oxygen atoms in total. The maximum atomic E-state index is 13.5. The van der Waals surface area contributed by atoms with Gasteiger partial charge in [0.15, 0.2) is 11.6 Å². The van der Waals surface area contributed by atoms with Crippen LogP contribution in [0.5, 0.6) is 5.75 Å². The van der Waals surface area contributed by atoms with Crippen molar-refractivity contribution in [1.82, 2.24) is 5.32 Å². The highest BCUT2D eigenvalue weighted by atomic mass is 79.9. The van der Waals surface area contributed by atoms with E-state index in [1.54, 1.807) is 0 Å². The molecular weight excluding hydrogens is 514 g/mol. The largest absolute Gasteiger partial charge is 0.488 e. The number of hydrogen-bond acceptors (Lipinski definition) is 4. The molecule has 0 saturated heterocycles. The fraction of sp³-hybridized carbons (Fsp3) is 0.419. The fourth-order valence-corrected chi connectivity index (χ4v) is 6.39. The Kier molecular flexibility index (Phi) is 6.27. The van der Waals surface area contributed by atoms with Crippen molar-refractivity contribution in [2.75, 3.05) is 0 Å². The monoisotopic (exact) mass is 547 g/mol. The van der Waals surface area contributed by atoms with Crippen molar-refractivity contribution in [3.8, 4) is 5.75 Å². The Hall–Kier alpha value is -2.66. The number of nitrogens with one attached hydrogen (secondary N) is 1. The third-order valence-electron chi connectivity index (χ3n) is 7.52. The summed E-state index contributed by atoms with van der Waals surface area (Å²) in [6.07, 6.45) is 2.58. The molecule has 36 heavy (non-hydrogen) atoms. The second kappa shape index (κ2) is 9.02. The van der Waals surface area contributed by atoms with Crippen molar-refractivity contribution in [2.45, 2.75) is 72.8 Å². The lowest BCUT2D eigenvalue weighted by atomic mass is 9.64. The predicted molar refractivity (Wildman–Crippen MR) is 146 cm³/mol. The Morgan fingerprint density at radius 1 is 0.861 bits per heavy atom. The Balaban J connectivity index is 1.52. The lowest BCUT2D eigenvalue weighted by Gasteiger charge is -2.44. The normalized spacial score (nSPS) is 21.2. The van der Waals surface area contributed by atoms with E-state index in [2.05, 4.69) is 80.1 Å². The first-order valence-electron chi connectivity index (χ1n) is 12.7. The molecule has 188 valence electrons. The second-order valence-corrected chi connectivity index (χ2v) is 13.0. The van der Waals surface area contributed by atoms with Crippen LogP contribution in [0, 0.1) is 17.8 Å². The van der Waals surface area contributed by atoms with Gasteiger partial charge in [-0.1, -0.05) is 63.6 Å². The molecule has 0 bridgehead atoms. The summed E-state index contributed by atoms with van der Waals surface area (Å²) >= 11 is 3.70. The lowest BCUT2D eigenvalue weighted by Crippen LogP contribution is -2.42. The van der Waals surface area contributed by atoms with Crippen molar-refractivity contribution in [2.24, 2.45) is 10.8 Å². The van der Waals surface area contributed by atoms with Crippen molar-refractivity contribution in [3.63, 3.8) is 0 Å². The molecule has 2 aromatic rings. The molecule has 1 heterocycles. The summed E-state index contributed by atoms with van der Waals surface area (Å²) in [4.78, 5) is 27.0. The minimum absolute atomic E-state index is 0.103. The summed E-state index contributed by atoms with van der Waals surface area (Å²) in [6.45, 7) is 11.1. The van der Waals surface area contributed by atoms with Gasteiger partial charge >= 0.3 is 0 Å². The van der Waals surface area contributed by atoms with E-state index in [1.807, 2.05) is 18.2 Å². The quantitative estimate of drug-likeness (QED) is 0.435. The predicted octanol–water partition coefficient (Wildman–Crippen LogP) is 7.31. The van der Waals surface area contributed by atoms with Crippen LogP contribution in [0.2, 0.25) is 0 Å². The zero-order valence-electron chi connectivity index (χ0n) is 21.8. The molecule has 0 unspecified atom stereocenters. The molecule has 0 aromatic heterocycles. The smallest absolute Gasteiger partial charge is 0.162 e. The number of dihydropyridines is 1. The number of allylic oxidation sites excluding steroid dienone is 4. The molecule has 1 aliphatic heterocycles. The highest BCUT2D eigenvalue weighted by molar-refractivity contribution is 9.10. The maximum Gasteiger partial charge on any atom is 0.162 e. The number of Topliss-reactive ketones (excluding diaryl/α,β-unsaturated/α-hetero) is 2. The molecule has 0 fully saturated rings. The van der Waals surface area contributed by atoms with Gasteiger partial charge in [-0.2, -0.15) is 0 Å². The van der Waals surface area contributed by atoms with Crippen LogP contribution in [-0.2, 0) is 16.2 Å². The highest BCUT2D eigenvalue weighted by Gasteiger charge is 2.46. The maximum absolute atomic E-state index is 13.5. The number of ether oxygens (including phenoxy) is 1. The molecule has 2 aliphatic carbocycles. The number of ketones is 2. The minimum Gasteiger partial charge on any atom is -0.488 e. The zero-order valence-corrected chi connectivity index (χ0v) is 23.3. The molecule has 0 saturated carbocycles. The van der Waals surface area contributed by atoms with Crippen molar-refractivity contribution >= 4 is 27.5 Å². The Bertz CT molecular complexity index is 1260. The average Bonchev–Trinajstić information content (AvgIpc) is 2.76. The van der Waals surface area contributed by atoms with Crippen LogP contribution < -0.4 is 10.1 Å². The van der Waals surface area contributed by atoms with Gasteiger partial charge in [-0.05, 0) is 69.8 Å². The van der Waals surface area contributed by atoms with Gasteiger partial charge < -0.3 is 10.1 Å². The number of halogens is 1. The second-order valence-electron chi connectivity index (χ2n) is 12.2. The average molecular weight is 549 g/mol. The van der Waals surface area contributed by atoms with E-state index in [0.717, 1.165) is 56.7 Å². The number of hydrogen-bond donors (Lipinski definition) is 1. The SMILES string of the molecule is Cc1ccc(COc2ccc(C3C4=C(CC(C)(C)CC4=O)NC4=C3C(=O)CC(C)(C)C4)cc2Br)cc1. The van der Waals surface area contributed by atoms with E-state index >= 15 is 0 Å². The van der Waals surface area contributed by atoms with Crippen LogP contribution in [0.25, 0.3) is 0 Å². The molecule has 5 heteroatoms. The van der Waals surface area contributed by atoms with Crippen LogP contribution in [0.1, 0.15) is 76.0 Å². The van der Waals surface area contributed by atoms with Crippen molar-refractivity contribution in [1.29, 1.82) is 0 Å². The van der Waals surface area contributed by atoms with E-state index in [1.165, 1.54) is 5.56 Å². The lowest BCUT2D eigenvalue weighted by molar-refractivity contribution is -0.119. The Morgan fingerprint density at radius 3 is 1.94 bits per heavy atom. The number of benzene rings is 2. The van der Waals surface area contributed by atoms with Gasteiger partial charge in [-0.15, -0.1) is 0 Å². The summed E-state index contributed by atoms with van der Waals surface area (Å²) < 4.78 is 6.92. The summed E-state index contributed by atoms with van der Waals surface area (Å²) in [5, 5.41) is 3.58.